The van der Waals surface area contributed by atoms with E-state index in [1.54, 1.807) is 0 Å². The van der Waals surface area contributed by atoms with E-state index in [4.69, 9.17) is 17.3 Å². The van der Waals surface area contributed by atoms with Crippen LogP contribution in [0.15, 0.2) is 45.8 Å². The lowest BCUT2D eigenvalue weighted by molar-refractivity contribution is 0.598. The molecule has 20 heavy (non-hydrogen) atoms. The van der Waals surface area contributed by atoms with Crippen molar-refractivity contribution in [2.45, 2.75) is 4.90 Å². The average molecular weight is 380 g/mol. The third-order valence-corrected chi connectivity index (χ3v) is 5.09. The van der Waals surface area contributed by atoms with Crippen LogP contribution in [0.4, 0.5) is 15.8 Å². The fraction of sp³-hybridized carbons (Fsp3) is 0. The molecule has 0 aliphatic heterocycles. The number of nitrogens with two attached hydrogens (primary N) is 1. The fourth-order valence-electron chi connectivity index (χ4n) is 1.52. The second-order valence-electron chi connectivity index (χ2n) is 3.89. The third kappa shape index (κ3) is 3.05. The first-order chi connectivity index (χ1) is 9.31. The molecule has 4 nitrogen and oxygen atoms in total. The number of hydrogen-bond acceptors (Lipinski definition) is 3. The van der Waals surface area contributed by atoms with Crippen LogP contribution in [-0.4, -0.2) is 8.42 Å². The standard InChI is InChI=1S/C12H9BrClFN2O2S/c13-8-6-7(16)4-5-11(8)20(18,19)17-12-9(14)2-1-3-10(12)15/h1-6,17H,16H2. The first-order valence-corrected chi connectivity index (χ1v) is 7.98. The van der Waals surface area contributed by atoms with Crippen LogP contribution in [0.3, 0.4) is 0 Å². The van der Waals surface area contributed by atoms with Gasteiger partial charge in [-0.1, -0.05) is 17.7 Å². The number of hydrogen-bond donors (Lipinski definition) is 2. The lowest BCUT2D eigenvalue weighted by Crippen LogP contribution is -2.15. The molecule has 2 aromatic rings. The summed E-state index contributed by atoms with van der Waals surface area (Å²) in [4.78, 5) is -0.0639. The number of para-hydroxylation sites is 1. The Bertz CT molecular complexity index is 748. The first-order valence-electron chi connectivity index (χ1n) is 5.33. The highest BCUT2D eigenvalue weighted by atomic mass is 79.9. The van der Waals surface area contributed by atoms with E-state index in [1.807, 2.05) is 0 Å². The van der Waals surface area contributed by atoms with Gasteiger partial charge in [-0.2, -0.15) is 0 Å². The summed E-state index contributed by atoms with van der Waals surface area (Å²) in [7, 11) is -3.98. The van der Waals surface area contributed by atoms with Crippen LogP contribution in [0.2, 0.25) is 5.02 Å². The van der Waals surface area contributed by atoms with Crippen molar-refractivity contribution in [3.05, 3.63) is 51.7 Å². The molecular weight excluding hydrogens is 371 g/mol. The molecule has 0 spiro atoms. The normalized spacial score (nSPS) is 11.3. The van der Waals surface area contributed by atoms with E-state index in [0.29, 0.717) is 5.69 Å². The van der Waals surface area contributed by atoms with E-state index in [9.17, 15) is 12.8 Å². The summed E-state index contributed by atoms with van der Waals surface area (Å²) in [6.45, 7) is 0. The van der Waals surface area contributed by atoms with Crippen LogP contribution in [-0.2, 0) is 10.0 Å². The number of nitrogens with one attached hydrogen (secondary N) is 1. The monoisotopic (exact) mass is 378 g/mol. The van der Waals surface area contributed by atoms with E-state index >= 15 is 0 Å². The topological polar surface area (TPSA) is 72.2 Å². The summed E-state index contributed by atoms with van der Waals surface area (Å²) >= 11 is 8.90. The van der Waals surface area contributed by atoms with Crippen LogP contribution in [0, 0.1) is 5.82 Å². The van der Waals surface area contributed by atoms with Gasteiger partial charge in [-0.25, -0.2) is 12.8 Å². The molecule has 0 amide bonds. The second kappa shape index (κ2) is 5.59. The summed E-state index contributed by atoms with van der Waals surface area (Å²) in [5, 5.41) is -0.0276. The number of benzene rings is 2. The highest BCUT2D eigenvalue weighted by molar-refractivity contribution is 9.10. The SMILES string of the molecule is Nc1ccc(S(=O)(=O)Nc2c(F)cccc2Cl)c(Br)c1. The second-order valence-corrected chi connectivity index (χ2v) is 6.80. The van der Waals surface area contributed by atoms with Crippen LogP contribution in [0.5, 0.6) is 0 Å². The molecule has 2 rings (SSSR count). The molecule has 8 heteroatoms. The van der Waals surface area contributed by atoms with Gasteiger partial charge in [-0.3, -0.25) is 4.72 Å². The number of anilines is 2. The van der Waals surface area contributed by atoms with Gasteiger partial charge in [0.05, 0.1) is 5.02 Å². The van der Waals surface area contributed by atoms with E-state index < -0.39 is 15.8 Å². The van der Waals surface area contributed by atoms with Crippen molar-refractivity contribution in [3.8, 4) is 0 Å². The molecule has 0 radical (unpaired) electrons. The third-order valence-electron chi connectivity index (χ3n) is 2.44. The van der Waals surface area contributed by atoms with E-state index in [2.05, 4.69) is 20.7 Å². The fourth-order valence-corrected chi connectivity index (χ4v) is 3.97. The molecule has 0 saturated heterocycles. The maximum atomic E-state index is 13.6. The minimum atomic E-state index is -3.98. The summed E-state index contributed by atoms with van der Waals surface area (Å²) in [5.41, 5.74) is 5.65. The van der Waals surface area contributed by atoms with Crippen molar-refractivity contribution in [1.82, 2.24) is 0 Å². The Morgan fingerprint density at radius 3 is 2.55 bits per heavy atom. The van der Waals surface area contributed by atoms with Crippen molar-refractivity contribution < 1.29 is 12.8 Å². The van der Waals surface area contributed by atoms with Gasteiger partial charge in [0.25, 0.3) is 10.0 Å². The van der Waals surface area contributed by atoms with Gasteiger partial charge in [-0.15, -0.1) is 0 Å². The average Bonchev–Trinajstić information content (AvgIpc) is 2.33. The molecule has 0 bridgehead atoms. The summed E-state index contributed by atoms with van der Waals surface area (Å²) < 4.78 is 40.5. The lowest BCUT2D eigenvalue weighted by Gasteiger charge is -2.12. The van der Waals surface area contributed by atoms with Crippen molar-refractivity contribution in [2.75, 3.05) is 10.5 Å². The van der Waals surface area contributed by atoms with Crippen molar-refractivity contribution >= 4 is 48.9 Å². The molecule has 0 atom stereocenters. The maximum absolute atomic E-state index is 13.6. The van der Waals surface area contributed by atoms with E-state index in [0.717, 1.165) is 6.07 Å². The largest absolute Gasteiger partial charge is 0.399 e. The van der Waals surface area contributed by atoms with Crippen LogP contribution < -0.4 is 10.5 Å². The molecule has 2 aromatic carbocycles. The maximum Gasteiger partial charge on any atom is 0.263 e. The molecule has 0 aromatic heterocycles. The zero-order chi connectivity index (χ0) is 14.9. The summed E-state index contributed by atoms with van der Waals surface area (Å²) in [6, 6.07) is 8.08. The minimum Gasteiger partial charge on any atom is -0.399 e. The molecule has 0 saturated carbocycles. The van der Waals surface area contributed by atoms with Gasteiger partial charge in [0.2, 0.25) is 0 Å². The van der Waals surface area contributed by atoms with Crippen LogP contribution in [0.1, 0.15) is 0 Å². The van der Waals surface area contributed by atoms with Crippen molar-refractivity contribution in [3.63, 3.8) is 0 Å². The van der Waals surface area contributed by atoms with Gasteiger partial charge < -0.3 is 5.73 Å². The smallest absolute Gasteiger partial charge is 0.263 e. The molecule has 3 N–H and O–H groups in total. The van der Waals surface area contributed by atoms with Gasteiger partial charge in [-0.05, 0) is 46.3 Å². The summed E-state index contributed by atoms with van der Waals surface area (Å²) in [6.07, 6.45) is 0. The van der Waals surface area contributed by atoms with E-state index in [1.165, 1.54) is 30.3 Å². The van der Waals surface area contributed by atoms with Gasteiger partial charge in [0.1, 0.15) is 16.4 Å². The van der Waals surface area contributed by atoms with Crippen LogP contribution >= 0.6 is 27.5 Å². The quantitative estimate of drug-likeness (QED) is 0.800. The Morgan fingerprint density at radius 1 is 1.25 bits per heavy atom. The number of nitrogen functional groups attached to an aromatic ring is 1. The zero-order valence-electron chi connectivity index (χ0n) is 9.90. The Hall–Kier alpha value is -1.31. The van der Waals surface area contributed by atoms with Crippen LogP contribution in [0.25, 0.3) is 0 Å². The molecule has 0 aliphatic rings. The number of sulfonamides is 1. The van der Waals surface area contributed by atoms with E-state index in [-0.39, 0.29) is 20.1 Å². The Labute approximate surface area is 128 Å². The molecule has 106 valence electrons. The number of rotatable bonds is 3. The highest BCUT2D eigenvalue weighted by Gasteiger charge is 2.20. The van der Waals surface area contributed by atoms with Gasteiger partial charge >= 0.3 is 0 Å². The first kappa shape index (κ1) is 15.1. The molecule has 0 fully saturated rings. The van der Waals surface area contributed by atoms with Gasteiger partial charge in [0, 0.05) is 10.2 Å². The molecule has 0 unspecified atom stereocenters. The molecular formula is C12H9BrClFN2O2S. The summed E-state index contributed by atoms with van der Waals surface area (Å²) in [5.74, 6) is -0.757. The minimum absolute atomic E-state index is 0.0276. The predicted octanol–water partition coefficient (Wildman–Crippen LogP) is 3.62. The molecule has 0 aliphatic carbocycles. The lowest BCUT2D eigenvalue weighted by atomic mass is 10.3. The number of halogens is 3. The van der Waals surface area contributed by atoms with Crippen molar-refractivity contribution in [1.29, 1.82) is 0 Å². The Kier molecular flexibility index (Phi) is 4.22. The predicted molar refractivity (Wildman–Crippen MR) is 80.8 cm³/mol. The van der Waals surface area contributed by atoms with Crippen molar-refractivity contribution in [2.24, 2.45) is 0 Å². The van der Waals surface area contributed by atoms with Gasteiger partial charge in [0.15, 0.2) is 0 Å². The highest BCUT2D eigenvalue weighted by Crippen LogP contribution is 2.30. The Balaban J connectivity index is 2.46. The molecule has 0 heterocycles. The Morgan fingerprint density at radius 2 is 1.95 bits per heavy atom. The zero-order valence-corrected chi connectivity index (χ0v) is 13.1.